The number of carboxylic acids is 1. The first-order valence-electron chi connectivity index (χ1n) is 4.65. The smallest absolute Gasteiger partial charge is 0.0622 e. The second kappa shape index (κ2) is 5.22. The summed E-state index contributed by atoms with van der Waals surface area (Å²) in [5, 5.41) is 10.4. The van der Waals surface area contributed by atoms with Crippen LogP contribution in [0.4, 0.5) is 0 Å². The molecule has 0 saturated carbocycles. The SMILES string of the molecule is COC(C)(C)CCC[C@H](C)C(=O)[O-]. The average Bonchev–Trinajstić information content (AvgIpc) is 2.04. The number of hydrogen-bond donors (Lipinski definition) is 0. The Morgan fingerprint density at radius 2 is 2.08 bits per heavy atom. The number of carbonyl (C=O) groups excluding carboxylic acids is 1. The summed E-state index contributed by atoms with van der Waals surface area (Å²) >= 11 is 0. The Morgan fingerprint density at radius 1 is 1.54 bits per heavy atom. The van der Waals surface area contributed by atoms with Crippen molar-refractivity contribution in [3.8, 4) is 0 Å². The molecule has 0 aromatic carbocycles. The minimum absolute atomic E-state index is 0.147. The third kappa shape index (κ3) is 5.64. The van der Waals surface area contributed by atoms with Gasteiger partial charge in [0, 0.05) is 13.1 Å². The Hall–Kier alpha value is -0.570. The Morgan fingerprint density at radius 3 is 2.46 bits per heavy atom. The van der Waals surface area contributed by atoms with Crippen molar-refractivity contribution in [3.05, 3.63) is 0 Å². The second-order valence-electron chi connectivity index (χ2n) is 4.08. The largest absolute Gasteiger partial charge is 0.550 e. The highest BCUT2D eigenvalue weighted by Gasteiger charge is 2.16. The fraction of sp³-hybridized carbons (Fsp3) is 0.900. The molecular weight excluding hydrogens is 168 g/mol. The first-order chi connectivity index (χ1) is 5.89. The molecular formula is C10H19O3-. The van der Waals surface area contributed by atoms with Crippen LogP contribution in [0, 0.1) is 5.92 Å². The average molecular weight is 187 g/mol. The lowest BCUT2D eigenvalue weighted by Gasteiger charge is -2.23. The van der Waals surface area contributed by atoms with E-state index in [1.807, 2.05) is 13.8 Å². The Labute approximate surface area is 80.1 Å². The maximum Gasteiger partial charge on any atom is 0.0622 e. The summed E-state index contributed by atoms with van der Waals surface area (Å²) in [4.78, 5) is 10.4. The van der Waals surface area contributed by atoms with Crippen LogP contribution in [0.5, 0.6) is 0 Å². The van der Waals surface area contributed by atoms with Crippen molar-refractivity contribution in [1.29, 1.82) is 0 Å². The summed E-state index contributed by atoms with van der Waals surface area (Å²) in [5.74, 6) is -1.32. The minimum atomic E-state index is -0.963. The summed E-state index contributed by atoms with van der Waals surface area (Å²) in [5.41, 5.74) is -0.147. The number of hydrogen-bond acceptors (Lipinski definition) is 3. The van der Waals surface area contributed by atoms with Gasteiger partial charge in [-0.1, -0.05) is 6.92 Å². The van der Waals surface area contributed by atoms with E-state index in [1.165, 1.54) is 0 Å². The summed E-state index contributed by atoms with van der Waals surface area (Å²) < 4.78 is 5.22. The molecule has 0 saturated heterocycles. The number of rotatable bonds is 6. The van der Waals surface area contributed by atoms with E-state index in [0.717, 1.165) is 12.8 Å². The maximum atomic E-state index is 10.4. The lowest BCUT2D eigenvalue weighted by atomic mass is 9.97. The van der Waals surface area contributed by atoms with E-state index in [4.69, 9.17) is 4.74 Å². The fourth-order valence-corrected chi connectivity index (χ4v) is 1.05. The first kappa shape index (κ1) is 12.4. The molecule has 0 N–H and O–H groups in total. The minimum Gasteiger partial charge on any atom is -0.550 e. The summed E-state index contributed by atoms with van der Waals surface area (Å²) in [6.07, 6.45) is 2.40. The molecule has 13 heavy (non-hydrogen) atoms. The van der Waals surface area contributed by atoms with Crippen LogP contribution in [-0.4, -0.2) is 18.7 Å². The predicted molar refractivity (Wildman–Crippen MR) is 49.1 cm³/mol. The van der Waals surface area contributed by atoms with Gasteiger partial charge in [-0.25, -0.2) is 0 Å². The molecule has 0 aromatic rings. The van der Waals surface area contributed by atoms with Gasteiger partial charge >= 0.3 is 0 Å². The molecule has 3 nitrogen and oxygen atoms in total. The normalized spacial score (nSPS) is 14.2. The molecule has 0 rings (SSSR count). The van der Waals surface area contributed by atoms with Gasteiger partial charge in [-0.2, -0.15) is 0 Å². The van der Waals surface area contributed by atoms with E-state index in [-0.39, 0.29) is 11.5 Å². The summed E-state index contributed by atoms with van der Waals surface area (Å²) in [6, 6.07) is 0. The number of methoxy groups -OCH3 is 1. The molecule has 1 atom stereocenters. The van der Waals surface area contributed by atoms with Gasteiger partial charge in [0.25, 0.3) is 0 Å². The lowest BCUT2D eigenvalue weighted by molar-refractivity contribution is -0.311. The predicted octanol–water partition coefficient (Wildman–Crippen LogP) is 0.968. The standard InChI is InChI=1S/C10H20O3/c1-8(9(11)12)6-5-7-10(2,3)13-4/h8H,5-7H2,1-4H3,(H,11,12)/p-1/t8-/m0/s1. The van der Waals surface area contributed by atoms with Gasteiger partial charge in [-0.3, -0.25) is 0 Å². The van der Waals surface area contributed by atoms with Crippen LogP contribution in [0.2, 0.25) is 0 Å². The molecule has 78 valence electrons. The molecule has 0 aliphatic rings. The molecule has 0 amide bonds. The van der Waals surface area contributed by atoms with Gasteiger partial charge < -0.3 is 14.6 Å². The van der Waals surface area contributed by atoms with Crippen molar-refractivity contribution in [1.82, 2.24) is 0 Å². The first-order valence-corrected chi connectivity index (χ1v) is 4.65. The Kier molecular flexibility index (Phi) is 4.99. The van der Waals surface area contributed by atoms with E-state index < -0.39 is 5.97 Å². The Balaban J connectivity index is 3.62. The summed E-state index contributed by atoms with van der Waals surface area (Å²) in [7, 11) is 1.67. The molecule has 0 aromatic heterocycles. The number of aliphatic carboxylic acids is 1. The van der Waals surface area contributed by atoms with Crippen LogP contribution in [0.15, 0.2) is 0 Å². The summed E-state index contributed by atoms with van der Waals surface area (Å²) in [6.45, 7) is 5.67. The van der Waals surface area contributed by atoms with E-state index in [0.29, 0.717) is 6.42 Å². The van der Waals surface area contributed by atoms with Crippen molar-refractivity contribution in [2.75, 3.05) is 7.11 Å². The van der Waals surface area contributed by atoms with Crippen molar-refractivity contribution in [3.63, 3.8) is 0 Å². The highest BCUT2D eigenvalue weighted by atomic mass is 16.5. The van der Waals surface area contributed by atoms with Gasteiger partial charge in [0.05, 0.1) is 5.60 Å². The molecule has 0 aliphatic carbocycles. The number of carboxylic acid groups (broad SMARTS) is 1. The van der Waals surface area contributed by atoms with Gasteiger partial charge in [0.15, 0.2) is 0 Å². The highest BCUT2D eigenvalue weighted by Crippen LogP contribution is 2.18. The molecule has 0 unspecified atom stereocenters. The van der Waals surface area contributed by atoms with Crippen LogP contribution in [0.3, 0.4) is 0 Å². The number of ether oxygens (including phenoxy) is 1. The van der Waals surface area contributed by atoms with Crippen LogP contribution in [0.1, 0.15) is 40.0 Å². The molecule has 0 spiro atoms. The van der Waals surface area contributed by atoms with Crippen molar-refractivity contribution in [2.45, 2.75) is 45.6 Å². The van der Waals surface area contributed by atoms with Crippen LogP contribution in [-0.2, 0) is 9.53 Å². The van der Waals surface area contributed by atoms with Crippen LogP contribution < -0.4 is 5.11 Å². The van der Waals surface area contributed by atoms with E-state index in [2.05, 4.69) is 0 Å². The zero-order chi connectivity index (χ0) is 10.5. The van der Waals surface area contributed by atoms with Crippen LogP contribution >= 0.6 is 0 Å². The number of carbonyl (C=O) groups is 1. The highest BCUT2D eigenvalue weighted by molar-refractivity contribution is 5.66. The monoisotopic (exact) mass is 187 g/mol. The van der Waals surface area contributed by atoms with E-state index >= 15 is 0 Å². The quantitative estimate of drug-likeness (QED) is 0.622. The molecule has 0 bridgehead atoms. The van der Waals surface area contributed by atoms with Gasteiger partial charge in [0.2, 0.25) is 0 Å². The zero-order valence-corrected chi connectivity index (χ0v) is 8.92. The zero-order valence-electron chi connectivity index (χ0n) is 8.92. The third-order valence-corrected chi connectivity index (χ3v) is 2.37. The maximum absolute atomic E-state index is 10.4. The molecule has 0 aliphatic heterocycles. The van der Waals surface area contributed by atoms with Gasteiger partial charge in [-0.05, 0) is 39.0 Å². The van der Waals surface area contributed by atoms with Crippen molar-refractivity contribution in [2.24, 2.45) is 5.92 Å². The Bertz CT molecular complexity index is 164. The van der Waals surface area contributed by atoms with Crippen molar-refractivity contribution >= 4 is 5.97 Å². The lowest BCUT2D eigenvalue weighted by Crippen LogP contribution is -2.30. The van der Waals surface area contributed by atoms with Gasteiger partial charge in [0.1, 0.15) is 0 Å². The topological polar surface area (TPSA) is 49.4 Å². The van der Waals surface area contributed by atoms with E-state index in [1.54, 1.807) is 14.0 Å². The van der Waals surface area contributed by atoms with Crippen molar-refractivity contribution < 1.29 is 14.6 Å². The van der Waals surface area contributed by atoms with Crippen LogP contribution in [0.25, 0.3) is 0 Å². The molecule has 0 heterocycles. The molecule has 0 radical (unpaired) electrons. The molecule has 3 heteroatoms. The van der Waals surface area contributed by atoms with E-state index in [9.17, 15) is 9.90 Å². The fourth-order valence-electron chi connectivity index (χ4n) is 1.05. The third-order valence-electron chi connectivity index (χ3n) is 2.37. The van der Waals surface area contributed by atoms with Gasteiger partial charge in [-0.15, -0.1) is 0 Å². The second-order valence-corrected chi connectivity index (χ2v) is 4.08. The molecule has 0 fully saturated rings.